The van der Waals surface area contributed by atoms with Gasteiger partial charge in [0.15, 0.2) is 0 Å². The highest BCUT2D eigenvalue weighted by Crippen LogP contribution is 2.08. The lowest BCUT2D eigenvalue weighted by atomic mass is 10.1. The molecule has 0 spiro atoms. The van der Waals surface area contributed by atoms with Crippen molar-refractivity contribution in [3.63, 3.8) is 0 Å². The van der Waals surface area contributed by atoms with E-state index in [1.807, 2.05) is 0 Å². The molecule has 3 nitrogen and oxygen atoms in total. The molecule has 0 saturated heterocycles. The van der Waals surface area contributed by atoms with Crippen molar-refractivity contribution in [2.75, 3.05) is 0 Å². The molecule has 222 valence electrons. The van der Waals surface area contributed by atoms with E-state index in [9.17, 15) is 9.59 Å². The van der Waals surface area contributed by atoms with Gasteiger partial charge in [0.05, 0.1) is 0 Å². The van der Waals surface area contributed by atoms with Crippen molar-refractivity contribution in [2.45, 2.75) is 142 Å². The van der Waals surface area contributed by atoms with E-state index in [1.54, 1.807) is 0 Å². The summed E-state index contributed by atoms with van der Waals surface area (Å²) in [5.41, 5.74) is 0. The van der Waals surface area contributed by atoms with Crippen LogP contribution in [0.15, 0.2) is 72.9 Å². The number of unbranched alkanes of at least 4 members (excludes halogenated alkanes) is 11. The highest BCUT2D eigenvalue weighted by atomic mass is 16.4. The summed E-state index contributed by atoms with van der Waals surface area (Å²) in [5.74, 6) is -0.675. The molecule has 0 unspecified atom stereocenters. The Bertz CT molecular complexity index is 679. The van der Waals surface area contributed by atoms with Gasteiger partial charge in [-0.1, -0.05) is 125 Å². The van der Waals surface area contributed by atoms with Crippen LogP contribution in [0.25, 0.3) is 0 Å². The van der Waals surface area contributed by atoms with E-state index < -0.39 is 5.97 Å². The maximum Gasteiger partial charge on any atom is 0.303 e. The first kappa shape index (κ1) is 38.7. The van der Waals surface area contributed by atoms with Crippen molar-refractivity contribution >= 4 is 12.3 Å². The van der Waals surface area contributed by atoms with Crippen molar-refractivity contribution in [2.24, 2.45) is 0 Å². The summed E-state index contributed by atoms with van der Waals surface area (Å²) in [6, 6.07) is 0. The second-order valence-electron chi connectivity index (χ2n) is 9.80. The Morgan fingerprint density at radius 3 is 1.18 bits per heavy atom. The van der Waals surface area contributed by atoms with Gasteiger partial charge < -0.3 is 9.90 Å². The fourth-order valence-electron chi connectivity index (χ4n) is 3.74. The van der Waals surface area contributed by atoms with Crippen LogP contribution < -0.4 is 0 Å². The van der Waals surface area contributed by atoms with E-state index in [4.69, 9.17) is 5.11 Å². The predicted molar refractivity (Wildman–Crippen MR) is 172 cm³/mol. The molecule has 39 heavy (non-hydrogen) atoms. The molecule has 0 heterocycles. The number of carbonyl (C=O) groups is 2. The van der Waals surface area contributed by atoms with Gasteiger partial charge in [0.25, 0.3) is 0 Å². The molecule has 0 bridgehead atoms. The van der Waals surface area contributed by atoms with Gasteiger partial charge in [-0.2, -0.15) is 0 Å². The Labute approximate surface area is 241 Å². The van der Waals surface area contributed by atoms with Crippen LogP contribution in [-0.4, -0.2) is 17.4 Å². The smallest absolute Gasteiger partial charge is 0.303 e. The van der Waals surface area contributed by atoms with Crippen LogP contribution in [0, 0.1) is 0 Å². The van der Waals surface area contributed by atoms with Crippen LogP contribution in [0.1, 0.15) is 142 Å². The predicted octanol–water partition coefficient (Wildman–Crippen LogP) is 11.4. The van der Waals surface area contributed by atoms with Crippen molar-refractivity contribution < 1.29 is 14.7 Å². The van der Waals surface area contributed by atoms with Gasteiger partial charge in [0, 0.05) is 12.8 Å². The highest BCUT2D eigenvalue weighted by molar-refractivity contribution is 5.66. The van der Waals surface area contributed by atoms with E-state index in [2.05, 4.69) is 86.8 Å². The Hall–Kier alpha value is -2.42. The zero-order chi connectivity index (χ0) is 28.9. The van der Waals surface area contributed by atoms with Gasteiger partial charge in [-0.3, -0.25) is 4.79 Å². The summed E-state index contributed by atoms with van der Waals surface area (Å²) in [6.07, 6.45) is 49.1. The Morgan fingerprint density at radius 1 is 0.462 bits per heavy atom. The number of hydrogen-bond donors (Lipinski definition) is 1. The largest absolute Gasteiger partial charge is 0.481 e. The maximum absolute atomic E-state index is 10.3. The Kier molecular flexibility index (Phi) is 37.5. The molecular formula is C36H60O3. The monoisotopic (exact) mass is 540 g/mol. The van der Waals surface area contributed by atoms with Gasteiger partial charge in [-0.25, -0.2) is 0 Å². The van der Waals surface area contributed by atoms with Crippen LogP contribution in [0.2, 0.25) is 0 Å². The van der Waals surface area contributed by atoms with E-state index in [1.165, 1.54) is 44.9 Å². The molecule has 0 rings (SSSR count). The van der Waals surface area contributed by atoms with Crippen molar-refractivity contribution in [1.82, 2.24) is 0 Å². The second kappa shape index (κ2) is 37.7. The SMILES string of the molecule is CC/C=C\C/C=C\C/C=C\CCCCCCCC(=O)O.CC/C=C\C/C=C\C/C=C\CCCCCCCC=O. The molecule has 0 aliphatic rings. The maximum atomic E-state index is 10.3. The number of carboxylic acids is 1. The van der Waals surface area contributed by atoms with Gasteiger partial charge in [-0.05, 0) is 77.0 Å². The number of carboxylic acid groups (broad SMARTS) is 1. The number of rotatable bonds is 26. The second-order valence-corrected chi connectivity index (χ2v) is 9.80. The van der Waals surface area contributed by atoms with Crippen LogP contribution >= 0.6 is 0 Å². The minimum absolute atomic E-state index is 0.319. The lowest BCUT2D eigenvalue weighted by molar-refractivity contribution is -0.137. The third-order valence-electron chi connectivity index (χ3n) is 6.01. The summed E-state index contributed by atoms with van der Waals surface area (Å²) in [4.78, 5) is 20.4. The van der Waals surface area contributed by atoms with E-state index >= 15 is 0 Å². The molecular weight excluding hydrogens is 480 g/mol. The first-order chi connectivity index (χ1) is 19.2. The average Bonchev–Trinajstić information content (AvgIpc) is 2.93. The number of hydrogen-bond acceptors (Lipinski definition) is 2. The zero-order valence-corrected chi connectivity index (χ0v) is 25.4. The summed E-state index contributed by atoms with van der Waals surface area (Å²) in [6.45, 7) is 4.31. The van der Waals surface area contributed by atoms with Crippen molar-refractivity contribution in [3.8, 4) is 0 Å². The number of allylic oxidation sites excluding steroid dienone is 12. The van der Waals surface area contributed by atoms with Gasteiger partial charge >= 0.3 is 5.97 Å². The first-order valence-corrected chi connectivity index (χ1v) is 15.7. The molecule has 0 atom stereocenters. The van der Waals surface area contributed by atoms with Crippen LogP contribution in [-0.2, 0) is 9.59 Å². The molecule has 0 aliphatic carbocycles. The first-order valence-electron chi connectivity index (χ1n) is 15.7. The van der Waals surface area contributed by atoms with Gasteiger partial charge in [-0.15, -0.1) is 0 Å². The standard InChI is InChI=1S/C18H30O2.C18H30O/c1-2-3-4-5-6-7-8-9-10-11-12-13-14-15-16-17-18(19)20;1-2-3-4-5-6-7-8-9-10-11-12-13-14-15-16-17-18-19/h3-4,6-7,9-10H,2,5,8,11-17H2,1H3,(H,19,20);3-4,6-7,9-10,18H,2,5,8,11-17H2,1H3/b2*4-3-,7-6-,10-9-. The third kappa shape index (κ3) is 42.9. The minimum atomic E-state index is -0.675. The molecule has 3 heteroatoms. The van der Waals surface area contributed by atoms with E-state index in [0.717, 1.165) is 83.3 Å². The van der Waals surface area contributed by atoms with Gasteiger partial charge in [0.1, 0.15) is 6.29 Å². The number of aliphatic carboxylic acids is 1. The van der Waals surface area contributed by atoms with E-state index in [-0.39, 0.29) is 0 Å². The van der Waals surface area contributed by atoms with Crippen molar-refractivity contribution in [3.05, 3.63) is 72.9 Å². The fourth-order valence-corrected chi connectivity index (χ4v) is 3.74. The Balaban J connectivity index is 0. The Morgan fingerprint density at radius 2 is 0.795 bits per heavy atom. The molecule has 0 amide bonds. The summed E-state index contributed by atoms with van der Waals surface area (Å²) in [7, 11) is 0. The lowest BCUT2D eigenvalue weighted by Crippen LogP contribution is -1.93. The fraction of sp³-hybridized carbons (Fsp3) is 0.611. The van der Waals surface area contributed by atoms with Crippen LogP contribution in [0.4, 0.5) is 0 Å². The zero-order valence-electron chi connectivity index (χ0n) is 25.4. The molecule has 0 radical (unpaired) electrons. The average molecular weight is 541 g/mol. The topological polar surface area (TPSA) is 54.4 Å². The number of aldehydes is 1. The summed E-state index contributed by atoms with van der Waals surface area (Å²) >= 11 is 0. The summed E-state index contributed by atoms with van der Waals surface area (Å²) in [5, 5.41) is 8.50. The highest BCUT2D eigenvalue weighted by Gasteiger charge is 1.95. The molecule has 1 N–H and O–H groups in total. The molecule has 0 aliphatic heterocycles. The minimum Gasteiger partial charge on any atom is -0.481 e. The van der Waals surface area contributed by atoms with Crippen molar-refractivity contribution in [1.29, 1.82) is 0 Å². The molecule has 0 saturated carbocycles. The summed E-state index contributed by atoms with van der Waals surface area (Å²) < 4.78 is 0. The van der Waals surface area contributed by atoms with Crippen LogP contribution in [0.3, 0.4) is 0 Å². The lowest BCUT2D eigenvalue weighted by Gasteiger charge is -1.98. The molecule has 0 aromatic carbocycles. The molecule has 0 fully saturated rings. The quantitative estimate of drug-likeness (QED) is 0.0674. The third-order valence-corrected chi connectivity index (χ3v) is 6.01. The van der Waals surface area contributed by atoms with Gasteiger partial charge in [0.2, 0.25) is 0 Å². The van der Waals surface area contributed by atoms with Crippen LogP contribution in [0.5, 0.6) is 0 Å². The molecule has 0 aromatic heterocycles. The normalized spacial score (nSPS) is 12.1. The van der Waals surface area contributed by atoms with E-state index in [0.29, 0.717) is 6.42 Å². The number of carbonyl (C=O) groups excluding carboxylic acids is 1. The molecule has 0 aromatic rings.